The molecular weight excluding hydrogens is 229 g/mol. The van der Waals surface area contributed by atoms with Crippen molar-refractivity contribution in [2.75, 3.05) is 6.61 Å². The number of halogens is 1. The number of benzene rings is 1. The average Bonchev–Trinajstić information content (AvgIpc) is 2.42. The van der Waals surface area contributed by atoms with Gasteiger partial charge in [-0.2, -0.15) is 5.26 Å². The Morgan fingerprint density at radius 2 is 2.06 bits per heavy atom. The highest BCUT2D eigenvalue weighted by atomic mass is 19.1. The van der Waals surface area contributed by atoms with Gasteiger partial charge in [-0.15, -0.1) is 0 Å². The molecule has 0 aliphatic heterocycles. The molecule has 0 unspecified atom stereocenters. The van der Waals surface area contributed by atoms with Crippen LogP contribution in [0.3, 0.4) is 0 Å². The monoisotopic (exact) mass is 247 g/mol. The second-order valence-corrected chi connectivity index (χ2v) is 4.94. The van der Waals surface area contributed by atoms with Crippen LogP contribution in [0.1, 0.15) is 43.2 Å². The third-order valence-corrected chi connectivity index (χ3v) is 3.51. The molecule has 0 amide bonds. The number of nitriles is 1. The molecule has 2 nitrogen and oxygen atoms in total. The molecule has 0 aromatic heterocycles. The van der Waals surface area contributed by atoms with Crippen LogP contribution in [0.5, 0.6) is 0 Å². The Bertz CT molecular complexity index is 433. The van der Waals surface area contributed by atoms with Crippen molar-refractivity contribution in [1.29, 1.82) is 5.26 Å². The number of hydrogen-bond acceptors (Lipinski definition) is 2. The molecule has 1 aliphatic carbocycles. The lowest BCUT2D eigenvalue weighted by Crippen LogP contribution is -2.13. The average molecular weight is 247 g/mol. The van der Waals surface area contributed by atoms with Crippen LogP contribution >= 0.6 is 0 Å². The lowest BCUT2D eigenvalue weighted by molar-refractivity contribution is 0.0723. The Kier molecular flexibility index (Phi) is 4.72. The predicted molar refractivity (Wildman–Crippen MR) is 67.3 cm³/mol. The van der Waals surface area contributed by atoms with E-state index in [4.69, 9.17) is 10.00 Å². The van der Waals surface area contributed by atoms with Gasteiger partial charge >= 0.3 is 0 Å². The quantitative estimate of drug-likeness (QED) is 0.810. The molecule has 18 heavy (non-hydrogen) atoms. The van der Waals surface area contributed by atoms with Crippen molar-refractivity contribution in [3.63, 3.8) is 0 Å². The van der Waals surface area contributed by atoms with Gasteiger partial charge in [0.2, 0.25) is 0 Å². The van der Waals surface area contributed by atoms with Crippen molar-refractivity contribution in [2.45, 2.75) is 38.7 Å². The molecule has 2 rings (SSSR count). The fraction of sp³-hybridized carbons (Fsp3) is 0.533. The van der Waals surface area contributed by atoms with Gasteiger partial charge in [0.15, 0.2) is 0 Å². The molecule has 0 atom stereocenters. The summed E-state index contributed by atoms with van der Waals surface area (Å²) in [6.07, 6.45) is 6.34. The van der Waals surface area contributed by atoms with Crippen LogP contribution in [-0.4, -0.2) is 6.61 Å². The molecule has 0 radical (unpaired) electrons. The molecule has 0 bridgehead atoms. The van der Waals surface area contributed by atoms with E-state index in [2.05, 4.69) is 0 Å². The van der Waals surface area contributed by atoms with Gasteiger partial charge in [-0.1, -0.05) is 19.3 Å². The zero-order valence-electron chi connectivity index (χ0n) is 10.5. The van der Waals surface area contributed by atoms with Crippen molar-refractivity contribution in [3.05, 3.63) is 35.1 Å². The van der Waals surface area contributed by atoms with Gasteiger partial charge in [-0.05, 0) is 37.0 Å². The summed E-state index contributed by atoms with van der Waals surface area (Å²) < 4.78 is 19.1. The number of hydrogen-bond donors (Lipinski definition) is 0. The van der Waals surface area contributed by atoms with Gasteiger partial charge in [-0.3, -0.25) is 0 Å². The van der Waals surface area contributed by atoms with Gasteiger partial charge in [0, 0.05) is 12.2 Å². The molecule has 1 saturated carbocycles. The van der Waals surface area contributed by atoms with Crippen LogP contribution in [0.25, 0.3) is 0 Å². The lowest BCUT2D eigenvalue weighted by atomic mass is 9.90. The van der Waals surface area contributed by atoms with E-state index in [1.54, 1.807) is 6.07 Å². The minimum absolute atomic E-state index is 0.262. The van der Waals surface area contributed by atoms with Crippen LogP contribution in [0.4, 0.5) is 4.39 Å². The highest BCUT2D eigenvalue weighted by Crippen LogP contribution is 2.24. The fourth-order valence-electron chi connectivity index (χ4n) is 2.44. The summed E-state index contributed by atoms with van der Waals surface area (Å²) in [5.41, 5.74) is 0.956. The van der Waals surface area contributed by atoms with Gasteiger partial charge in [0.1, 0.15) is 5.82 Å². The molecule has 0 saturated heterocycles. The first-order valence-electron chi connectivity index (χ1n) is 6.56. The van der Waals surface area contributed by atoms with Gasteiger partial charge in [0.05, 0.1) is 18.2 Å². The van der Waals surface area contributed by atoms with Crippen LogP contribution in [0, 0.1) is 23.1 Å². The first kappa shape index (κ1) is 13.0. The van der Waals surface area contributed by atoms with E-state index in [1.165, 1.54) is 44.2 Å². The van der Waals surface area contributed by atoms with Gasteiger partial charge < -0.3 is 4.74 Å². The summed E-state index contributed by atoms with van der Waals surface area (Å²) in [5, 5.41) is 8.77. The van der Waals surface area contributed by atoms with E-state index >= 15 is 0 Å². The van der Waals surface area contributed by atoms with E-state index in [1.807, 2.05) is 6.07 Å². The summed E-state index contributed by atoms with van der Waals surface area (Å²) in [4.78, 5) is 0. The minimum atomic E-state index is -0.294. The molecule has 0 heterocycles. The van der Waals surface area contributed by atoms with E-state index < -0.39 is 0 Å². The highest BCUT2D eigenvalue weighted by Gasteiger charge is 2.13. The smallest absolute Gasteiger partial charge is 0.128 e. The topological polar surface area (TPSA) is 33.0 Å². The molecule has 1 fully saturated rings. The normalized spacial score (nSPS) is 16.4. The van der Waals surface area contributed by atoms with Gasteiger partial charge in [0.25, 0.3) is 0 Å². The molecular formula is C15H18FNO. The second kappa shape index (κ2) is 6.51. The zero-order valence-corrected chi connectivity index (χ0v) is 10.5. The first-order chi connectivity index (χ1) is 8.79. The molecule has 3 heteroatoms. The standard InChI is InChI=1S/C15H18FNO/c16-15-7-6-13(9-17)8-14(15)11-18-10-12-4-2-1-3-5-12/h6-8,12H,1-5,10-11H2. The Hall–Kier alpha value is -1.40. The largest absolute Gasteiger partial charge is 0.376 e. The first-order valence-corrected chi connectivity index (χ1v) is 6.56. The SMILES string of the molecule is N#Cc1ccc(F)c(COCC2CCCCC2)c1. The van der Waals surface area contributed by atoms with Crippen LogP contribution in [0.15, 0.2) is 18.2 Å². The van der Waals surface area contributed by atoms with E-state index in [0.29, 0.717) is 23.7 Å². The number of ether oxygens (including phenoxy) is 1. The van der Waals surface area contributed by atoms with Gasteiger partial charge in [-0.25, -0.2) is 4.39 Å². The van der Waals surface area contributed by atoms with Crippen molar-refractivity contribution >= 4 is 0 Å². The maximum absolute atomic E-state index is 13.5. The van der Waals surface area contributed by atoms with Crippen LogP contribution in [0.2, 0.25) is 0 Å². The van der Waals surface area contributed by atoms with E-state index in [9.17, 15) is 4.39 Å². The summed E-state index contributed by atoms with van der Waals surface area (Å²) in [7, 11) is 0. The Morgan fingerprint density at radius 3 is 2.78 bits per heavy atom. The molecule has 0 N–H and O–H groups in total. The molecule has 1 aromatic rings. The molecule has 1 aromatic carbocycles. The van der Waals surface area contributed by atoms with Crippen molar-refractivity contribution < 1.29 is 9.13 Å². The third kappa shape index (κ3) is 3.54. The predicted octanol–water partition coefficient (Wildman–Crippen LogP) is 3.79. The zero-order chi connectivity index (χ0) is 12.8. The molecule has 96 valence electrons. The minimum Gasteiger partial charge on any atom is -0.376 e. The second-order valence-electron chi connectivity index (χ2n) is 4.94. The van der Waals surface area contributed by atoms with Crippen LogP contribution < -0.4 is 0 Å². The maximum Gasteiger partial charge on any atom is 0.128 e. The summed E-state index contributed by atoms with van der Waals surface area (Å²) in [6, 6.07) is 6.40. The van der Waals surface area contributed by atoms with E-state index in [-0.39, 0.29) is 12.4 Å². The summed E-state index contributed by atoms with van der Waals surface area (Å²) in [5.74, 6) is 0.332. The van der Waals surface area contributed by atoms with Crippen molar-refractivity contribution in [3.8, 4) is 6.07 Å². The van der Waals surface area contributed by atoms with Crippen molar-refractivity contribution in [1.82, 2.24) is 0 Å². The lowest BCUT2D eigenvalue weighted by Gasteiger charge is -2.21. The Labute approximate surface area is 107 Å². The Morgan fingerprint density at radius 1 is 1.28 bits per heavy atom. The fourth-order valence-corrected chi connectivity index (χ4v) is 2.44. The number of rotatable bonds is 4. The van der Waals surface area contributed by atoms with Crippen LogP contribution in [-0.2, 0) is 11.3 Å². The Balaban J connectivity index is 1.84. The third-order valence-electron chi connectivity index (χ3n) is 3.51. The molecule has 1 aliphatic rings. The molecule has 0 spiro atoms. The van der Waals surface area contributed by atoms with Crippen molar-refractivity contribution in [2.24, 2.45) is 5.92 Å². The maximum atomic E-state index is 13.5. The summed E-state index contributed by atoms with van der Waals surface area (Å²) >= 11 is 0. The summed E-state index contributed by atoms with van der Waals surface area (Å²) in [6.45, 7) is 0.966. The number of nitrogens with zero attached hydrogens (tertiary/aromatic N) is 1. The van der Waals surface area contributed by atoms with E-state index in [0.717, 1.165) is 0 Å². The highest BCUT2D eigenvalue weighted by molar-refractivity contribution is 5.33.